The van der Waals surface area contributed by atoms with Crippen molar-refractivity contribution in [2.24, 2.45) is 10.4 Å². The van der Waals surface area contributed by atoms with E-state index in [0.717, 1.165) is 12.8 Å². The van der Waals surface area contributed by atoms with Gasteiger partial charge in [-0.15, -0.1) is 24.0 Å². The van der Waals surface area contributed by atoms with Crippen molar-refractivity contribution in [1.29, 1.82) is 0 Å². The molecule has 0 spiro atoms. The molecule has 0 bridgehead atoms. The van der Waals surface area contributed by atoms with E-state index in [1.807, 2.05) is 6.92 Å². The largest absolute Gasteiger partial charge is 0.401 e. The molecule has 5 nitrogen and oxygen atoms in total. The van der Waals surface area contributed by atoms with Gasteiger partial charge in [0.05, 0.1) is 6.54 Å². The van der Waals surface area contributed by atoms with Gasteiger partial charge in [-0.25, -0.2) is 0 Å². The molecule has 0 fully saturated rings. The van der Waals surface area contributed by atoms with E-state index >= 15 is 0 Å². The van der Waals surface area contributed by atoms with E-state index in [0.29, 0.717) is 32.0 Å². The summed E-state index contributed by atoms with van der Waals surface area (Å²) in [7, 11) is 1.44. The molecule has 0 saturated heterocycles. The van der Waals surface area contributed by atoms with Crippen LogP contribution in [-0.2, 0) is 0 Å². The average molecular weight is 482 g/mol. The lowest BCUT2D eigenvalue weighted by Gasteiger charge is -2.29. The Kier molecular flexibility index (Phi) is 14.9. The van der Waals surface area contributed by atoms with E-state index in [2.05, 4.69) is 29.5 Å². The first-order valence-electron chi connectivity index (χ1n) is 8.60. The monoisotopic (exact) mass is 482 g/mol. The average Bonchev–Trinajstić information content (AvgIpc) is 2.49. The van der Waals surface area contributed by atoms with Gasteiger partial charge in [0.1, 0.15) is 0 Å². The van der Waals surface area contributed by atoms with Gasteiger partial charge in [0.2, 0.25) is 0 Å². The molecule has 0 unspecified atom stereocenters. The smallest absolute Gasteiger partial charge is 0.396 e. The molecule has 9 heteroatoms. The summed E-state index contributed by atoms with van der Waals surface area (Å²) >= 11 is 0. The van der Waals surface area contributed by atoms with Gasteiger partial charge in [0.15, 0.2) is 5.96 Å². The first-order valence-corrected chi connectivity index (χ1v) is 8.60. The Labute approximate surface area is 166 Å². The summed E-state index contributed by atoms with van der Waals surface area (Å²) in [6.07, 6.45) is -1.65. The fraction of sp³-hybridized carbons (Fsp3) is 0.938. The van der Waals surface area contributed by atoms with Gasteiger partial charge in [0, 0.05) is 32.8 Å². The second-order valence-corrected chi connectivity index (χ2v) is 6.16. The number of nitrogens with one attached hydrogen (secondary N) is 2. The predicted molar refractivity (Wildman–Crippen MR) is 108 cm³/mol. The Morgan fingerprint density at radius 1 is 1.12 bits per heavy atom. The van der Waals surface area contributed by atoms with Crippen LogP contribution in [-0.4, -0.2) is 68.5 Å². The van der Waals surface area contributed by atoms with Crippen molar-refractivity contribution < 1.29 is 18.3 Å². The third kappa shape index (κ3) is 12.7. The number of hydrogen-bond donors (Lipinski definition) is 3. The third-order valence-electron chi connectivity index (χ3n) is 4.29. The standard InChI is InChI=1S/C16H33F3N4O.HI/c1-5-15(6-2,8-11-24)12-22-14(20-7-3)21-9-10-23(4)13-16(17,18)19;/h24H,5-13H2,1-4H3,(H2,20,21,22);1H. The fourth-order valence-electron chi connectivity index (χ4n) is 2.48. The van der Waals surface area contributed by atoms with Crippen molar-refractivity contribution in [1.82, 2.24) is 15.5 Å². The molecule has 0 aromatic carbocycles. The maximum atomic E-state index is 12.3. The van der Waals surface area contributed by atoms with Crippen LogP contribution in [0, 0.1) is 5.41 Å². The maximum Gasteiger partial charge on any atom is 0.401 e. The zero-order valence-electron chi connectivity index (χ0n) is 15.7. The second kappa shape index (κ2) is 13.9. The van der Waals surface area contributed by atoms with E-state index in [1.54, 1.807) is 0 Å². The van der Waals surface area contributed by atoms with Crippen molar-refractivity contribution in [3.05, 3.63) is 0 Å². The molecule has 0 saturated carbocycles. The maximum absolute atomic E-state index is 12.3. The van der Waals surface area contributed by atoms with E-state index in [4.69, 9.17) is 0 Å². The SMILES string of the molecule is CCNC(=NCC(CC)(CC)CCO)NCCN(C)CC(F)(F)F.I. The molecule has 25 heavy (non-hydrogen) atoms. The predicted octanol–water partition coefficient (Wildman–Crippen LogP) is 2.84. The van der Waals surface area contributed by atoms with Crippen molar-refractivity contribution in [3.8, 4) is 0 Å². The molecule has 0 radical (unpaired) electrons. The number of aliphatic hydroxyl groups excluding tert-OH is 1. The van der Waals surface area contributed by atoms with Crippen LogP contribution in [0.1, 0.15) is 40.0 Å². The summed E-state index contributed by atoms with van der Waals surface area (Å²) in [6.45, 7) is 7.22. The van der Waals surface area contributed by atoms with Crippen LogP contribution in [0.4, 0.5) is 13.2 Å². The molecular formula is C16H34F3IN4O. The van der Waals surface area contributed by atoms with Crippen LogP contribution in [0.15, 0.2) is 4.99 Å². The van der Waals surface area contributed by atoms with Gasteiger partial charge < -0.3 is 15.7 Å². The number of hydrogen-bond acceptors (Lipinski definition) is 3. The Bertz CT molecular complexity index is 364. The van der Waals surface area contributed by atoms with E-state index in [1.165, 1.54) is 11.9 Å². The Morgan fingerprint density at radius 3 is 2.16 bits per heavy atom. The van der Waals surface area contributed by atoms with Gasteiger partial charge in [-0.2, -0.15) is 13.2 Å². The molecule has 0 aliphatic carbocycles. The van der Waals surface area contributed by atoms with E-state index in [9.17, 15) is 18.3 Å². The summed E-state index contributed by atoms with van der Waals surface area (Å²) in [5.41, 5.74) is -0.0375. The number of guanidine groups is 1. The quantitative estimate of drug-likeness (QED) is 0.241. The van der Waals surface area contributed by atoms with Crippen LogP contribution in [0.25, 0.3) is 0 Å². The lowest BCUT2D eigenvalue weighted by Crippen LogP contribution is -2.43. The molecule has 0 aromatic rings. The van der Waals surface area contributed by atoms with Gasteiger partial charge >= 0.3 is 6.18 Å². The van der Waals surface area contributed by atoms with Crippen LogP contribution in [0.2, 0.25) is 0 Å². The first-order chi connectivity index (χ1) is 11.2. The highest BCUT2D eigenvalue weighted by atomic mass is 127. The number of nitrogens with zero attached hydrogens (tertiary/aromatic N) is 2. The summed E-state index contributed by atoms with van der Waals surface area (Å²) in [4.78, 5) is 5.79. The lowest BCUT2D eigenvalue weighted by atomic mass is 9.79. The van der Waals surface area contributed by atoms with E-state index in [-0.39, 0.29) is 42.5 Å². The number of alkyl halides is 3. The molecule has 0 amide bonds. The molecule has 3 N–H and O–H groups in total. The first kappa shape index (κ1) is 26.9. The number of aliphatic hydroxyl groups is 1. The Hall–Kier alpha value is -0.290. The normalized spacial score (nSPS) is 12.9. The summed E-state index contributed by atoms with van der Waals surface area (Å²) in [6, 6.07) is 0. The minimum Gasteiger partial charge on any atom is -0.396 e. The van der Waals surface area contributed by atoms with Crippen LogP contribution in [0.3, 0.4) is 0 Å². The molecule has 0 aliphatic heterocycles. The number of aliphatic imine (C=N–C) groups is 1. The van der Waals surface area contributed by atoms with Crippen molar-refractivity contribution in [2.45, 2.75) is 46.2 Å². The summed E-state index contributed by atoms with van der Waals surface area (Å²) in [5, 5.41) is 15.4. The zero-order valence-corrected chi connectivity index (χ0v) is 18.1. The fourth-order valence-corrected chi connectivity index (χ4v) is 2.48. The van der Waals surface area contributed by atoms with Crippen molar-refractivity contribution in [2.75, 3.05) is 46.4 Å². The Balaban J connectivity index is 0. The van der Waals surface area contributed by atoms with E-state index < -0.39 is 12.7 Å². The topological polar surface area (TPSA) is 59.9 Å². The highest BCUT2D eigenvalue weighted by Crippen LogP contribution is 2.30. The molecule has 0 atom stereocenters. The molecule has 0 rings (SSSR count). The van der Waals surface area contributed by atoms with Gasteiger partial charge in [-0.1, -0.05) is 13.8 Å². The Morgan fingerprint density at radius 2 is 1.72 bits per heavy atom. The third-order valence-corrected chi connectivity index (χ3v) is 4.29. The highest BCUT2D eigenvalue weighted by molar-refractivity contribution is 14.0. The summed E-state index contributed by atoms with van der Waals surface area (Å²) < 4.78 is 36.9. The summed E-state index contributed by atoms with van der Waals surface area (Å²) in [5.74, 6) is 0.599. The minimum atomic E-state index is -4.18. The van der Waals surface area contributed by atoms with Crippen LogP contribution >= 0.6 is 24.0 Å². The zero-order chi connectivity index (χ0) is 18.6. The van der Waals surface area contributed by atoms with Crippen LogP contribution in [0.5, 0.6) is 0 Å². The molecule has 0 aromatic heterocycles. The number of rotatable bonds is 11. The number of likely N-dealkylation sites (N-methyl/N-ethyl adjacent to an activating group) is 1. The minimum absolute atomic E-state index is 0. The number of halogens is 4. The van der Waals surface area contributed by atoms with Crippen LogP contribution < -0.4 is 10.6 Å². The second-order valence-electron chi connectivity index (χ2n) is 6.16. The molecule has 152 valence electrons. The van der Waals surface area contributed by atoms with Gasteiger partial charge in [-0.3, -0.25) is 9.89 Å². The molecular weight excluding hydrogens is 448 g/mol. The van der Waals surface area contributed by atoms with Gasteiger partial charge in [-0.05, 0) is 38.6 Å². The highest BCUT2D eigenvalue weighted by Gasteiger charge is 2.29. The lowest BCUT2D eigenvalue weighted by molar-refractivity contribution is -0.142. The van der Waals surface area contributed by atoms with Gasteiger partial charge in [0.25, 0.3) is 0 Å². The molecule has 0 heterocycles. The van der Waals surface area contributed by atoms with Crippen molar-refractivity contribution >= 4 is 29.9 Å². The van der Waals surface area contributed by atoms with Crippen molar-refractivity contribution in [3.63, 3.8) is 0 Å². The molecule has 0 aliphatic rings.